The predicted octanol–water partition coefficient (Wildman–Crippen LogP) is 4.24. The molecule has 1 saturated carbocycles. The summed E-state index contributed by atoms with van der Waals surface area (Å²) in [5.41, 5.74) is -0.0865. The van der Waals surface area contributed by atoms with E-state index in [2.05, 4.69) is 4.74 Å². The van der Waals surface area contributed by atoms with Crippen LogP contribution in [0, 0.1) is 18.3 Å². The van der Waals surface area contributed by atoms with Gasteiger partial charge in [-0.25, -0.2) is 4.79 Å². The van der Waals surface area contributed by atoms with Gasteiger partial charge in [-0.15, -0.1) is 24.7 Å². The zero-order chi connectivity index (χ0) is 19.3. The molecule has 0 unspecified atom stereocenters. The molecule has 1 amide bonds. The number of ether oxygens (including phenoxy) is 1. The van der Waals surface area contributed by atoms with Crippen LogP contribution in [0.25, 0.3) is 0 Å². The number of hydrogen-bond donors (Lipinski definition) is 0. The van der Waals surface area contributed by atoms with E-state index in [0.29, 0.717) is 17.9 Å². The Balaban J connectivity index is 2.21. The summed E-state index contributed by atoms with van der Waals surface area (Å²) in [7, 11) is 0. The van der Waals surface area contributed by atoms with E-state index in [0.717, 1.165) is 37.5 Å². The minimum atomic E-state index is -4.92. The summed E-state index contributed by atoms with van der Waals surface area (Å²) in [6.45, 7) is 0. The number of nitrogens with zero attached hydrogens (tertiary/aromatic N) is 1. The van der Waals surface area contributed by atoms with Gasteiger partial charge in [-0.05, 0) is 37.0 Å². The van der Waals surface area contributed by atoms with Gasteiger partial charge in [0, 0.05) is 0 Å². The number of benzene rings is 1. The van der Waals surface area contributed by atoms with Gasteiger partial charge in [0.2, 0.25) is 0 Å². The molecule has 0 spiro atoms. The van der Waals surface area contributed by atoms with Crippen LogP contribution in [0.5, 0.6) is 5.75 Å². The summed E-state index contributed by atoms with van der Waals surface area (Å²) in [5.74, 6) is -0.835. The van der Waals surface area contributed by atoms with E-state index in [1.165, 1.54) is 0 Å². The third-order valence-electron chi connectivity index (χ3n) is 3.80. The molecule has 26 heavy (non-hydrogen) atoms. The number of rotatable bonds is 3. The van der Waals surface area contributed by atoms with Crippen LogP contribution in [0.4, 0.5) is 18.9 Å². The van der Waals surface area contributed by atoms with Gasteiger partial charge >= 0.3 is 18.2 Å². The van der Waals surface area contributed by atoms with Gasteiger partial charge in [0.1, 0.15) is 5.75 Å². The van der Waals surface area contributed by atoms with Crippen molar-refractivity contribution in [3.63, 3.8) is 0 Å². The number of hydrogen-bond acceptors (Lipinski definition) is 4. The lowest BCUT2D eigenvalue weighted by Crippen LogP contribution is -2.35. The van der Waals surface area contributed by atoms with Crippen LogP contribution in [0.15, 0.2) is 18.2 Å². The van der Waals surface area contributed by atoms with Gasteiger partial charge in [-0.3, -0.25) is 4.79 Å². The Labute approximate surface area is 153 Å². The van der Waals surface area contributed by atoms with Crippen LogP contribution in [-0.2, 0) is 14.4 Å². The van der Waals surface area contributed by atoms with Crippen LogP contribution in [0.2, 0.25) is 5.02 Å². The molecule has 1 aromatic rings. The molecule has 5 nitrogen and oxygen atoms in total. The molecule has 0 heterocycles. The fraction of sp³-hybridized carbons (Fsp3) is 0.412. The zero-order valence-corrected chi connectivity index (χ0v) is 14.3. The van der Waals surface area contributed by atoms with E-state index < -0.39 is 29.0 Å². The van der Waals surface area contributed by atoms with Crippen molar-refractivity contribution in [2.24, 2.45) is 5.92 Å². The number of terminal acetylenes is 1. The van der Waals surface area contributed by atoms with E-state index in [-0.39, 0.29) is 11.6 Å². The van der Waals surface area contributed by atoms with Gasteiger partial charge in [0.15, 0.2) is 0 Å². The number of carbonyl (C=O) groups is 2. The Morgan fingerprint density at radius 3 is 2.42 bits per heavy atom. The number of alkyl halides is 3. The highest BCUT2D eigenvalue weighted by atomic mass is 35.5. The Kier molecular flexibility index (Phi) is 6.37. The lowest BCUT2D eigenvalue weighted by atomic mass is 9.89. The quantitative estimate of drug-likeness (QED) is 0.573. The van der Waals surface area contributed by atoms with Crippen molar-refractivity contribution in [3.05, 3.63) is 23.2 Å². The van der Waals surface area contributed by atoms with Crippen LogP contribution in [0.3, 0.4) is 0 Å². The molecule has 9 heteroatoms. The molecule has 0 radical (unpaired) electrons. The fourth-order valence-corrected chi connectivity index (χ4v) is 2.81. The van der Waals surface area contributed by atoms with Crippen molar-refractivity contribution in [1.29, 1.82) is 0 Å². The molecule has 0 N–H and O–H groups in total. The maximum absolute atomic E-state index is 12.3. The normalized spacial score (nSPS) is 15.0. The molecular weight excluding hydrogens is 375 g/mol. The average Bonchev–Trinajstić information content (AvgIpc) is 2.60. The molecule has 2 rings (SSSR count). The predicted molar refractivity (Wildman–Crippen MR) is 87.1 cm³/mol. The fourth-order valence-electron chi connectivity index (χ4n) is 2.60. The molecule has 1 aliphatic carbocycles. The Hall–Kier alpha value is -2.40. The van der Waals surface area contributed by atoms with Crippen molar-refractivity contribution in [3.8, 4) is 18.1 Å². The summed E-state index contributed by atoms with van der Waals surface area (Å²) in [6.07, 6.45) is 4.19. The second kappa shape index (κ2) is 8.32. The molecule has 0 aromatic heterocycles. The maximum Gasteiger partial charge on any atom is 0.573 e. The second-order valence-electron chi connectivity index (χ2n) is 5.65. The number of anilines is 1. The number of carbonyl (C=O) groups excluding carboxylic acids is 2. The molecule has 140 valence electrons. The van der Waals surface area contributed by atoms with Crippen LogP contribution < -0.4 is 9.80 Å². The minimum Gasteiger partial charge on any atom is -0.404 e. The third kappa shape index (κ3) is 5.30. The van der Waals surface area contributed by atoms with Gasteiger partial charge in [0.25, 0.3) is 0 Å². The molecule has 0 atom stereocenters. The summed E-state index contributed by atoms with van der Waals surface area (Å²) in [6, 6.07) is 2.97. The van der Waals surface area contributed by atoms with Crippen LogP contribution in [-0.4, -0.2) is 18.2 Å². The summed E-state index contributed by atoms with van der Waals surface area (Å²) in [5, 5.41) is 0.114. The first-order valence-electron chi connectivity index (χ1n) is 7.79. The van der Waals surface area contributed by atoms with Crippen molar-refractivity contribution in [1.82, 2.24) is 0 Å². The largest absolute Gasteiger partial charge is 0.573 e. The first-order valence-corrected chi connectivity index (χ1v) is 8.17. The SMILES string of the molecule is C#CC(=O)N(OC(=O)C1CCCCC1)c1ccc(OC(F)(F)F)c(Cl)c1. The minimum absolute atomic E-state index is 0.0865. The highest BCUT2D eigenvalue weighted by Gasteiger charge is 2.33. The van der Waals surface area contributed by atoms with Crippen LogP contribution >= 0.6 is 11.6 Å². The van der Waals surface area contributed by atoms with Gasteiger partial charge in [0.05, 0.1) is 16.6 Å². The van der Waals surface area contributed by atoms with E-state index in [4.69, 9.17) is 22.9 Å². The molecular formula is C17H15ClF3NO4. The van der Waals surface area contributed by atoms with Crippen LogP contribution in [0.1, 0.15) is 32.1 Å². The molecule has 1 aliphatic rings. The summed E-state index contributed by atoms with van der Waals surface area (Å²) in [4.78, 5) is 29.3. The standard InChI is InChI=1S/C17H15ClF3NO4/c1-2-15(23)22(26-16(24)11-6-4-3-5-7-11)12-8-9-14(13(18)10-12)25-17(19,20)21/h1,8-11H,3-7H2. The molecule has 0 bridgehead atoms. The third-order valence-corrected chi connectivity index (χ3v) is 4.10. The Bertz CT molecular complexity index is 724. The molecule has 0 saturated heterocycles. The number of halogens is 4. The van der Waals surface area contributed by atoms with Crippen molar-refractivity contribution < 1.29 is 32.3 Å². The number of hydroxylamine groups is 1. The average molecular weight is 390 g/mol. The van der Waals surface area contributed by atoms with E-state index in [1.54, 1.807) is 5.92 Å². The lowest BCUT2D eigenvalue weighted by Gasteiger charge is -2.24. The first kappa shape index (κ1) is 19.9. The summed E-state index contributed by atoms with van der Waals surface area (Å²) < 4.78 is 40.6. The zero-order valence-electron chi connectivity index (χ0n) is 13.5. The molecule has 1 fully saturated rings. The van der Waals surface area contributed by atoms with E-state index in [9.17, 15) is 22.8 Å². The summed E-state index contributed by atoms with van der Waals surface area (Å²) >= 11 is 5.76. The molecule has 0 aliphatic heterocycles. The smallest absolute Gasteiger partial charge is 0.404 e. The topological polar surface area (TPSA) is 55.8 Å². The highest BCUT2D eigenvalue weighted by molar-refractivity contribution is 6.32. The highest BCUT2D eigenvalue weighted by Crippen LogP contribution is 2.34. The Morgan fingerprint density at radius 1 is 1.23 bits per heavy atom. The van der Waals surface area contributed by atoms with Crippen molar-refractivity contribution >= 4 is 29.2 Å². The van der Waals surface area contributed by atoms with Crippen molar-refractivity contribution in [2.75, 3.05) is 5.06 Å². The second-order valence-corrected chi connectivity index (χ2v) is 6.06. The first-order chi connectivity index (χ1) is 12.2. The van der Waals surface area contributed by atoms with Gasteiger partial charge < -0.3 is 9.57 Å². The maximum atomic E-state index is 12.3. The van der Waals surface area contributed by atoms with E-state index in [1.807, 2.05) is 0 Å². The Morgan fingerprint density at radius 2 is 1.88 bits per heavy atom. The van der Waals surface area contributed by atoms with Gasteiger partial charge in [-0.1, -0.05) is 30.9 Å². The monoisotopic (exact) mass is 389 g/mol. The number of amides is 1. The van der Waals surface area contributed by atoms with Crippen molar-refractivity contribution in [2.45, 2.75) is 38.5 Å². The van der Waals surface area contributed by atoms with E-state index >= 15 is 0 Å². The lowest BCUT2D eigenvalue weighted by molar-refractivity contribution is -0.274. The molecule has 1 aromatic carbocycles. The van der Waals surface area contributed by atoms with Gasteiger partial charge in [-0.2, -0.15) is 0 Å².